The van der Waals surface area contributed by atoms with Crippen molar-refractivity contribution in [2.75, 3.05) is 6.54 Å². The number of aliphatic imine (C=N–C) groups is 1. The summed E-state index contributed by atoms with van der Waals surface area (Å²) in [5, 5.41) is 11.7. The number of aryl methyl sites for hydroxylation is 1. The molecule has 0 aromatic heterocycles. The first kappa shape index (κ1) is 24.4. The number of carbonyl (C=O) groups is 2. The number of amides is 1. The van der Waals surface area contributed by atoms with Gasteiger partial charge >= 0.3 is 5.97 Å². The lowest BCUT2D eigenvalue weighted by Crippen LogP contribution is -2.53. The molecular weight excluding hydrogens is 398 g/mol. The molecule has 10 nitrogen and oxygen atoms in total. The molecule has 0 aliphatic rings. The largest absolute Gasteiger partial charge is 0.480 e. The molecule has 0 heterocycles. The van der Waals surface area contributed by atoms with Crippen molar-refractivity contribution in [3.63, 3.8) is 0 Å². The van der Waals surface area contributed by atoms with E-state index in [2.05, 4.69) is 15.0 Å². The number of carboxylic acids is 1. The van der Waals surface area contributed by atoms with E-state index in [1.807, 2.05) is 6.92 Å². The fourth-order valence-electron chi connectivity index (χ4n) is 2.47. The van der Waals surface area contributed by atoms with E-state index in [1.165, 1.54) is 12.1 Å². The highest BCUT2D eigenvalue weighted by atomic mass is 32.2. The van der Waals surface area contributed by atoms with E-state index >= 15 is 0 Å². The second-order valence-electron chi connectivity index (χ2n) is 7.00. The minimum absolute atomic E-state index is 0.0218. The van der Waals surface area contributed by atoms with Crippen LogP contribution in [0, 0.1) is 12.8 Å². The third kappa shape index (κ3) is 8.08. The maximum atomic E-state index is 12.6. The number of nitrogens with two attached hydrogens (primary N) is 2. The highest BCUT2D eigenvalue weighted by Gasteiger charge is 2.31. The predicted molar refractivity (Wildman–Crippen MR) is 110 cm³/mol. The number of nitrogens with one attached hydrogen (secondary N) is 2. The molecule has 1 amide bonds. The van der Waals surface area contributed by atoms with Gasteiger partial charge in [0.1, 0.15) is 12.1 Å². The van der Waals surface area contributed by atoms with Gasteiger partial charge in [0.05, 0.1) is 4.90 Å². The summed E-state index contributed by atoms with van der Waals surface area (Å²) in [6.07, 6.45) is 0.421. The summed E-state index contributed by atoms with van der Waals surface area (Å²) in [5.74, 6) is -2.46. The summed E-state index contributed by atoms with van der Waals surface area (Å²) >= 11 is 0. The average Bonchev–Trinajstić information content (AvgIpc) is 2.61. The molecule has 2 atom stereocenters. The van der Waals surface area contributed by atoms with Crippen molar-refractivity contribution in [2.45, 2.75) is 50.6 Å². The van der Waals surface area contributed by atoms with Crippen LogP contribution in [0.15, 0.2) is 34.2 Å². The van der Waals surface area contributed by atoms with Crippen molar-refractivity contribution >= 4 is 27.9 Å². The molecule has 0 aliphatic carbocycles. The Hall–Kier alpha value is -2.66. The second kappa shape index (κ2) is 10.8. The number of nitrogens with zero attached hydrogens (tertiary/aromatic N) is 1. The molecule has 0 aliphatic heterocycles. The Balaban J connectivity index is 2.88. The van der Waals surface area contributed by atoms with Crippen LogP contribution in [0.1, 0.15) is 32.3 Å². The molecule has 1 rings (SSSR count). The normalized spacial score (nSPS) is 13.5. The topological polar surface area (TPSA) is 177 Å². The molecule has 0 spiro atoms. The lowest BCUT2D eigenvalue weighted by molar-refractivity contribution is -0.142. The predicted octanol–water partition coefficient (Wildman–Crippen LogP) is -0.0791. The van der Waals surface area contributed by atoms with Crippen LogP contribution in [0.2, 0.25) is 0 Å². The summed E-state index contributed by atoms with van der Waals surface area (Å²) in [6, 6.07) is 3.85. The van der Waals surface area contributed by atoms with Gasteiger partial charge in [-0.25, -0.2) is 13.2 Å². The monoisotopic (exact) mass is 427 g/mol. The van der Waals surface area contributed by atoms with E-state index in [9.17, 15) is 23.1 Å². The minimum atomic E-state index is -3.96. The van der Waals surface area contributed by atoms with Crippen LogP contribution in [-0.2, 0) is 19.6 Å². The Morgan fingerprint density at radius 3 is 2.24 bits per heavy atom. The number of hydrogen-bond donors (Lipinski definition) is 5. The van der Waals surface area contributed by atoms with Gasteiger partial charge in [-0.15, -0.1) is 0 Å². The van der Waals surface area contributed by atoms with Gasteiger partial charge in [-0.2, -0.15) is 4.72 Å². The lowest BCUT2D eigenvalue weighted by atomic mass is 10.0. The van der Waals surface area contributed by atoms with Crippen LogP contribution in [-0.4, -0.2) is 50.0 Å². The Kier molecular flexibility index (Phi) is 9.05. The summed E-state index contributed by atoms with van der Waals surface area (Å²) in [4.78, 5) is 27.9. The van der Waals surface area contributed by atoms with Crippen LogP contribution in [0.3, 0.4) is 0 Å². The minimum Gasteiger partial charge on any atom is -0.480 e. The standard InChI is InChI=1S/C18H29N5O5S/c1-11(2)15(23-29(27,28)13-8-6-12(3)7-9-13)16(24)22-14(17(25)26)5-4-10-21-18(19)20/h6-9,11,14-15,23H,4-5,10H2,1-3H3,(H,22,24)(H,25,26)(H4,19,20,21)/t14-,15-/m1/s1. The summed E-state index contributed by atoms with van der Waals surface area (Å²) in [6.45, 7) is 5.37. The van der Waals surface area contributed by atoms with Crippen molar-refractivity contribution in [3.8, 4) is 0 Å². The summed E-state index contributed by atoms with van der Waals surface area (Å²) in [5.41, 5.74) is 11.3. The number of guanidine groups is 1. The highest BCUT2D eigenvalue weighted by molar-refractivity contribution is 7.89. The molecule has 29 heavy (non-hydrogen) atoms. The first-order valence-corrected chi connectivity index (χ1v) is 10.6. The maximum Gasteiger partial charge on any atom is 0.326 e. The molecule has 0 radical (unpaired) electrons. The Morgan fingerprint density at radius 1 is 1.17 bits per heavy atom. The van der Waals surface area contributed by atoms with Gasteiger partial charge < -0.3 is 21.9 Å². The van der Waals surface area contributed by atoms with E-state index < -0.39 is 39.9 Å². The number of aliphatic carboxylic acids is 1. The molecule has 0 bridgehead atoms. The number of carboxylic acid groups (broad SMARTS) is 1. The fourth-order valence-corrected chi connectivity index (χ4v) is 3.81. The van der Waals surface area contributed by atoms with Crippen molar-refractivity contribution < 1.29 is 23.1 Å². The first-order valence-electron chi connectivity index (χ1n) is 9.11. The van der Waals surface area contributed by atoms with Gasteiger partial charge in [0.2, 0.25) is 15.9 Å². The molecule has 1 aromatic carbocycles. The molecule has 0 saturated carbocycles. The maximum absolute atomic E-state index is 12.6. The summed E-state index contributed by atoms with van der Waals surface area (Å²) in [7, 11) is -3.96. The van der Waals surface area contributed by atoms with Gasteiger partial charge in [-0.1, -0.05) is 31.5 Å². The Bertz CT molecular complexity index is 833. The highest BCUT2D eigenvalue weighted by Crippen LogP contribution is 2.13. The zero-order valence-corrected chi connectivity index (χ0v) is 17.6. The van der Waals surface area contributed by atoms with Gasteiger partial charge in [0.15, 0.2) is 5.96 Å². The molecule has 0 fully saturated rings. The van der Waals surface area contributed by atoms with E-state index in [1.54, 1.807) is 26.0 Å². The van der Waals surface area contributed by atoms with E-state index in [0.717, 1.165) is 5.56 Å². The molecule has 11 heteroatoms. The SMILES string of the molecule is Cc1ccc(S(=O)(=O)N[C@@H](C(=O)N[C@H](CCCN=C(N)N)C(=O)O)C(C)C)cc1. The van der Waals surface area contributed by atoms with Crippen LogP contribution < -0.4 is 21.5 Å². The number of carbonyl (C=O) groups excluding carboxylic acids is 1. The van der Waals surface area contributed by atoms with Gasteiger partial charge in [-0.3, -0.25) is 9.79 Å². The van der Waals surface area contributed by atoms with Crippen LogP contribution in [0.4, 0.5) is 0 Å². The number of benzene rings is 1. The van der Waals surface area contributed by atoms with Gasteiger partial charge in [0.25, 0.3) is 0 Å². The number of sulfonamides is 1. The van der Waals surface area contributed by atoms with Gasteiger partial charge in [-0.05, 0) is 37.8 Å². The Labute approximate surface area is 170 Å². The third-order valence-electron chi connectivity index (χ3n) is 4.12. The molecule has 1 aromatic rings. The molecule has 0 unspecified atom stereocenters. The molecule has 0 saturated heterocycles. The second-order valence-corrected chi connectivity index (χ2v) is 8.72. The third-order valence-corrected chi connectivity index (χ3v) is 5.58. The van der Waals surface area contributed by atoms with E-state index in [-0.39, 0.29) is 23.8 Å². The first-order chi connectivity index (χ1) is 13.4. The zero-order chi connectivity index (χ0) is 22.2. The van der Waals surface area contributed by atoms with Crippen LogP contribution in [0.25, 0.3) is 0 Å². The van der Waals surface area contributed by atoms with Crippen LogP contribution >= 0.6 is 0 Å². The zero-order valence-electron chi connectivity index (χ0n) is 16.8. The van der Waals surface area contributed by atoms with Crippen molar-refractivity contribution in [3.05, 3.63) is 29.8 Å². The molecule has 7 N–H and O–H groups in total. The van der Waals surface area contributed by atoms with E-state index in [4.69, 9.17) is 11.5 Å². The Morgan fingerprint density at radius 2 is 1.76 bits per heavy atom. The van der Waals surface area contributed by atoms with E-state index in [0.29, 0.717) is 6.42 Å². The number of rotatable bonds is 11. The fraction of sp³-hybridized carbons (Fsp3) is 0.500. The quantitative estimate of drug-likeness (QED) is 0.186. The summed E-state index contributed by atoms with van der Waals surface area (Å²) < 4.78 is 27.6. The van der Waals surface area contributed by atoms with Crippen LogP contribution in [0.5, 0.6) is 0 Å². The number of hydrogen-bond acceptors (Lipinski definition) is 5. The van der Waals surface area contributed by atoms with Crippen molar-refractivity contribution in [2.24, 2.45) is 22.4 Å². The van der Waals surface area contributed by atoms with Crippen molar-refractivity contribution in [1.29, 1.82) is 0 Å². The average molecular weight is 428 g/mol. The molecular formula is C18H29N5O5S. The lowest BCUT2D eigenvalue weighted by Gasteiger charge is -2.24. The smallest absolute Gasteiger partial charge is 0.326 e. The van der Waals surface area contributed by atoms with Crippen molar-refractivity contribution in [1.82, 2.24) is 10.0 Å². The molecule has 162 valence electrons. The van der Waals surface area contributed by atoms with Gasteiger partial charge in [0, 0.05) is 6.54 Å².